The SMILES string of the molecule is Cc1cc(Cl)c(S(=O)(=O)NCCC2=CCCCC2)cc1N. The van der Waals surface area contributed by atoms with Crippen LogP contribution in [-0.2, 0) is 10.0 Å². The Bertz CT molecular complexity index is 654. The van der Waals surface area contributed by atoms with Crippen LogP contribution in [0.1, 0.15) is 37.7 Å². The van der Waals surface area contributed by atoms with Gasteiger partial charge in [0.25, 0.3) is 0 Å². The molecule has 0 radical (unpaired) electrons. The maximum Gasteiger partial charge on any atom is 0.242 e. The molecule has 0 saturated heterocycles. The molecule has 0 heterocycles. The molecule has 1 aromatic rings. The molecule has 2 rings (SSSR count). The number of hydrogen-bond acceptors (Lipinski definition) is 3. The molecule has 1 aliphatic rings. The fourth-order valence-corrected chi connectivity index (χ4v) is 4.08. The first-order chi connectivity index (χ1) is 9.90. The molecule has 0 amide bonds. The molecular weight excluding hydrogens is 308 g/mol. The van der Waals surface area contributed by atoms with Gasteiger partial charge in [-0.05, 0) is 56.7 Å². The van der Waals surface area contributed by atoms with Crippen LogP contribution in [0.3, 0.4) is 0 Å². The minimum absolute atomic E-state index is 0.0462. The van der Waals surface area contributed by atoms with Crippen molar-refractivity contribution >= 4 is 27.3 Å². The van der Waals surface area contributed by atoms with Crippen LogP contribution < -0.4 is 10.5 Å². The lowest BCUT2D eigenvalue weighted by Gasteiger charge is -2.14. The summed E-state index contributed by atoms with van der Waals surface area (Å²) in [5.74, 6) is 0. The summed E-state index contributed by atoms with van der Waals surface area (Å²) >= 11 is 6.03. The van der Waals surface area contributed by atoms with Crippen LogP contribution in [0.5, 0.6) is 0 Å². The predicted octanol–water partition coefficient (Wildman–Crippen LogP) is 3.40. The lowest BCUT2D eigenvalue weighted by atomic mass is 9.97. The van der Waals surface area contributed by atoms with Gasteiger partial charge in [0, 0.05) is 12.2 Å². The van der Waals surface area contributed by atoms with E-state index in [4.69, 9.17) is 17.3 Å². The van der Waals surface area contributed by atoms with Crippen molar-refractivity contribution in [3.8, 4) is 0 Å². The molecule has 0 fully saturated rings. The molecule has 0 unspecified atom stereocenters. The van der Waals surface area contributed by atoms with Gasteiger partial charge >= 0.3 is 0 Å². The molecule has 21 heavy (non-hydrogen) atoms. The van der Waals surface area contributed by atoms with Crippen molar-refractivity contribution in [3.05, 3.63) is 34.4 Å². The van der Waals surface area contributed by atoms with E-state index in [9.17, 15) is 8.42 Å². The number of nitrogen functional groups attached to an aromatic ring is 1. The van der Waals surface area contributed by atoms with Gasteiger partial charge in [-0.3, -0.25) is 0 Å². The maximum absolute atomic E-state index is 12.3. The van der Waals surface area contributed by atoms with E-state index in [-0.39, 0.29) is 9.92 Å². The van der Waals surface area contributed by atoms with E-state index in [1.54, 1.807) is 13.0 Å². The topological polar surface area (TPSA) is 72.2 Å². The van der Waals surface area contributed by atoms with Crippen LogP contribution in [0.2, 0.25) is 5.02 Å². The fourth-order valence-electron chi connectivity index (χ4n) is 2.43. The number of nitrogens with two attached hydrogens (primary N) is 1. The van der Waals surface area contributed by atoms with Crippen molar-refractivity contribution in [1.82, 2.24) is 4.72 Å². The third-order valence-electron chi connectivity index (χ3n) is 3.73. The van der Waals surface area contributed by atoms with Crippen molar-refractivity contribution in [2.45, 2.75) is 43.9 Å². The van der Waals surface area contributed by atoms with Gasteiger partial charge in [-0.1, -0.05) is 23.3 Å². The third kappa shape index (κ3) is 4.22. The van der Waals surface area contributed by atoms with Crippen molar-refractivity contribution in [1.29, 1.82) is 0 Å². The summed E-state index contributed by atoms with van der Waals surface area (Å²) in [7, 11) is -3.62. The summed E-state index contributed by atoms with van der Waals surface area (Å²) in [5, 5.41) is 0.200. The maximum atomic E-state index is 12.3. The summed E-state index contributed by atoms with van der Waals surface area (Å²) in [5.41, 5.74) is 8.30. The minimum Gasteiger partial charge on any atom is -0.398 e. The van der Waals surface area contributed by atoms with Crippen molar-refractivity contribution in [2.24, 2.45) is 0 Å². The van der Waals surface area contributed by atoms with Gasteiger partial charge in [0.15, 0.2) is 0 Å². The zero-order chi connectivity index (χ0) is 15.5. The molecule has 116 valence electrons. The average molecular weight is 329 g/mol. The van der Waals surface area contributed by atoms with Crippen LogP contribution in [0.15, 0.2) is 28.7 Å². The smallest absolute Gasteiger partial charge is 0.242 e. The molecule has 3 N–H and O–H groups in total. The Morgan fingerprint density at radius 3 is 2.76 bits per heavy atom. The van der Waals surface area contributed by atoms with E-state index < -0.39 is 10.0 Å². The predicted molar refractivity (Wildman–Crippen MR) is 87.0 cm³/mol. The Morgan fingerprint density at radius 1 is 1.33 bits per heavy atom. The number of allylic oxidation sites excluding steroid dienone is 1. The highest BCUT2D eigenvalue weighted by Gasteiger charge is 2.19. The summed E-state index contributed by atoms with van der Waals surface area (Å²) in [4.78, 5) is 0.0462. The molecule has 1 aromatic carbocycles. The third-order valence-corrected chi connectivity index (χ3v) is 5.66. The molecule has 0 saturated carbocycles. The first-order valence-corrected chi connectivity index (χ1v) is 8.99. The largest absolute Gasteiger partial charge is 0.398 e. The van der Waals surface area contributed by atoms with Gasteiger partial charge in [-0.2, -0.15) is 0 Å². The second-order valence-electron chi connectivity index (χ2n) is 5.40. The number of aryl methyl sites for hydroxylation is 1. The lowest BCUT2D eigenvalue weighted by molar-refractivity contribution is 0.579. The zero-order valence-corrected chi connectivity index (χ0v) is 13.7. The second kappa shape index (κ2) is 6.81. The molecule has 4 nitrogen and oxygen atoms in total. The van der Waals surface area contributed by atoms with E-state index in [0.29, 0.717) is 12.2 Å². The van der Waals surface area contributed by atoms with E-state index >= 15 is 0 Å². The molecular formula is C15H21ClN2O2S. The van der Waals surface area contributed by atoms with Gasteiger partial charge < -0.3 is 5.73 Å². The van der Waals surface area contributed by atoms with Gasteiger partial charge in [0.05, 0.1) is 5.02 Å². The molecule has 1 aliphatic carbocycles. The Balaban J connectivity index is 2.05. The van der Waals surface area contributed by atoms with Gasteiger partial charge in [-0.25, -0.2) is 13.1 Å². The van der Waals surface area contributed by atoms with Crippen LogP contribution in [0, 0.1) is 6.92 Å². The number of rotatable bonds is 5. The van der Waals surface area contributed by atoms with Crippen LogP contribution >= 0.6 is 11.6 Å². The zero-order valence-electron chi connectivity index (χ0n) is 12.2. The van der Waals surface area contributed by atoms with Crippen molar-refractivity contribution in [2.75, 3.05) is 12.3 Å². The highest BCUT2D eigenvalue weighted by molar-refractivity contribution is 7.89. The highest BCUT2D eigenvalue weighted by atomic mass is 35.5. The standard InChI is InChI=1S/C15H21ClN2O2S/c1-11-9-13(16)15(10-14(11)17)21(19,20)18-8-7-12-5-3-2-4-6-12/h5,9-10,18H,2-4,6-8,17H2,1H3. The first kappa shape index (κ1) is 16.3. The number of hydrogen-bond donors (Lipinski definition) is 2. The molecule has 0 aliphatic heterocycles. The summed E-state index contributed by atoms with van der Waals surface area (Å²) in [6, 6.07) is 3.00. The number of nitrogens with one attached hydrogen (secondary N) is 1. The fraction of sp³-hybridized carbons (Fsp3) is 0.467. The average Bonchev–Trinajstić information content (AvgIpc) is 2.43. The van der Waals surface area contributed by atoms with Crippen LogP contribution in [0.4, 0.5) is 5.69 Å². The quantitative estimate of drug-likeness (QED) is 0.642. The van der Waals surface area contributed by atoms with Crippen LogP contribution in [-0.4, -0.2) is 15.0 Å². The van der Waals surface area contributed by atoms with Gasteiger partial charge in [0.2, 0.25) is 10.0 Å². The van der Waals surface area contributed by atoms with Gasteiger partial charge in [-0.15, -0.1) is 0 Å². The number of halogens is 1. The lowest BCUT2D eigenvalue weighted by Crippen LogP contribution is -2.25. The molecule has 6 heteroatoms. The van der Waals surface area contributed by atoms with E-state index in [1.807, 2.05) is 0 Å². The molecule has 0 spiro atoms. The van der Waals surface area contributed by atoms with Crippen molar-refractivity contribution < 1.29 is 8.42 Å². The normalized spacial score (nSPS) is 15.8. The van der Waals surface area contributed by atoms with Crippen LogP contribution in [0.25, 0.3) is 0 Å². The Hall–Kier alpha value is -1.04. The Morgan fingerprint density at radius 2 is 2.10 bits per heavy atom. The van der Waals surface area contributed by atoms with Crippen molar-refractivity contribution in [3.63, 3.8) is 0 Å². The number of sulfonamides is 1. The van der Waals surface area contributed by atoms with E-state index in [0.717, 1.165) is 24.8 Å². The molecule has 0 bridgehead atoms. The number of benzene rings is 1. The highest BCUT2D eigenvalue weighted by Crippen LogP contribution is 2.27. The Kier molecular flexibility index (Phi) is 5.30. The molecule has 0 atom stereocenters. The second-order valence-corrected chi connectivity index (χ2v) is 7.54. The van der Waals surface area contributed by atoms with E-state index in [1.165, 1.54) is 24.5 Å². The summed E-state index contributed by atoms with van der Waals surface area (Å²) in [6.07, 6.45) is 7.56. The molecule has 0 aromatic heterocycles. The summed E-state index contributed by atoms with van der Waals surface area (Å²) in [6.45, 7) is 2.18. The monoisotopic (exact) mass is 328 g/mol. The minimum atomic E-state index is -3.62. The van der Waals surface area contributed by atoms with Gasteiger partial charge in [0.1, 0.15) is 4.90 Å². The first-order valence-electron chi connectivity index (χ1n) is 7.13. The van der Waals surface area contributed by atoms with E-state index in [2.05, 4.69) is 10.8 Å². The summed E-state index contributed by atoms with van der Waals surface area (Å²) < 4.78 is 27.2. The number of anilines is 1. The Labute approximate surface area is 131 Å².